The van der Waals surface area contributed by atoms with Gasteiger partial charge in [-0.3, -0.25) is 4.79 Å². The zero-order chi connectivity index (χ0) is 77.4. The van der Waals surface area contributed by atoms with Crippen LogP contribution in [0.3, 0.4) is 0 Å². The molecule has 5 aliphatic carbocycles. The van der Waals surface area contributed by atoms with E-state index in [2.05, 4.69) is 20.8 Å². The lowest BCUT2D eigenvalue weighted by Crippen LogP contribution is -2.77. The van der Waals surface area contributed by atoms with Gasteiger partial charge >= 0.3 is 23.9 Å². The maximum Gasteiger partial charge on any atom is 0.335 e. The highest BCUT2D eigenvalue weighted by Crippen LogP contribution is 2.81. The smallest absolute Gasteiger partial charge is 0.335 e. The molecule has 1 unspecified atom stereocenters. The molecule has 15 N–H and O–H groups in total. The minimum Gasteiger partial charge on any atom is -0.479 e. The van der Waals surface area contributed by atoms with Crippen LogP contribution in [-0.4, -0.2) is 297 Å². The number of carbonyl (C=O) groups is 4. The summed E-state index contributed by atoms with van der Waals surface area (Å²) >= 11 is 0. The zero-order valence-electron chi connectivity index (χ0n) is 61.3. The summed E-state index contributed by atoms with van der Waals surface area (Å²) in [5.74, 6) is -5.17. The maximum atomic E-state index is 15.6. The highest BCUT2D eigenvalue weighted by Gasteiger charge is 2.87. The van der Waals surface area contributed by atoms with Gasteiger partial charge in [0.1, 0.15) is 121 Å². The summed E-state index contributed by atoms with van der Waals surface area (Å²) in [4.78, 5) is 57.2. The molecular weight excluding hydrogens is 1400 g/mol. The summed E-state index contributed by atoms with van der Waals surface area (Å²) in [5, 5.41) is 169. The number of hydrogen-bond donors (Lipinski definition) is 15. The molecule has 106 heavy (non-hydrogen) atoms. The Labute approximate surface area is 613 Å². The Morgan fingerprint density at radius 2 is 1.08 bits per heavy atom. The van der Waals surface area contributed by atoms with Crippen LogP contribution in [0.15, 0.2) is 48.1 Å². The van der Waals surface area contributed by atoms with Crippen LogP contribution in [0.4, 0.5) is 0 Å². The van der Waals surface area contributed by atoms with Crippen LogP contribution in [0, 0.1) is 50.2 Å². The number of aliphatic hydroxyl groups excluding tert-OH is 14. The Morgan fingerprint density at radius 3 is 1.70 bits per heavy atom. The summed E-state index contributed by atoms with van der Waals surface area (Å²) in [7, 11) is 0. The molecule has 596 valence electrons. The van der Waals surface area contributed by atoms with Gasteiger partial charge < -0.3 is 138 Å². The Kier molecular flexibility index (Phi) is 22.9. The first-order chi connectivity index (χ1) is 49.7. The predicted molar refractivity (Wildman–Crippen MR) is 358 cm³/mol. The van der Waals surface area contributed by atoms with E-state index in [0.717, 1.165) is 0 Å². The van der Waals surface area contributed by atoms with Crippen LogP contribution in [0.2, 0.25) is 0 Å². The van der Waals surface area contributed by atoms with E-state index in [1.807, 2.05) is 45.9 Å². The van der Waals surface area contributed by atoms with Crippen molar-refractivity contribution < 1.29 is 157 Å². The van der Waals surface area contributed by atoms with Crippen LogP contribution in [-0.2, 0) is 80.8 Å². The number of rotatable bonds is 18. The van der Waals surface area contributed by atoms with Gasteiger partial charge in [0.2, 0.25) is 0 Å². The quantitative estimate of drug-likeness (QED) is 0.0358. The third-order valence-corrected chi connectivity index (χ3v) is 27.1. The van der Waals surface area contributed by atoms with Gasteiger partial charge in [-0.1, -0.05) is 84.9 Å². The van der Waals surface area contributed by atoms with Crippen molar-refractivity contribution in [1.82, 2.24) is 0 Å². The number of carbonyl (C=O) groups excluding carboxylic acids is 3. The van der Waals surface area contributed by atoms with Gasteiger partial charge in [0, 0.05) is 28.4 Å². The first-order valence-electron chi connectivity index (χ1n) is 36.9. The summed E-state index contributed by atoms with van der Waals surface area (Å²) in [5.41, 5.74) is -6.24. The summed E-state index contributed by atoms with van der Waals surface area (Å²) in [6, 6.07) is 9.04. The van der Waals surface area contributed by atoms with Crippen LogP contribution in [0.25, 0.3) is 6.08 Å². The summed E-state index contributed by atoms with van der Waals surface area (Å²) in [6.07, 6.45) is -46.4. The van der Waals surface area contributed by atoms with E-state index in [1.165, 1.54) is 19.9 Å². The van der Waals surface area contributed by atoms with Crippen LogP contribution in [0.1, 0.15) is 133 Å². The predicted octanol–water partition coefficient (Wildman–Crippen LogP) is -1.13. The standard InChI is InChI=1S/C74H108O32/c1-12-30(2)61(92)105-58-59(99-41(78)19-18-33-16-14-13-15-17-33)74-38(26-68(58,5)6)73(106-67(74)93)25-21-37-70(9)23-22-40(69(7,8)36(70)20-24-71(37,10)72(73,11)27-39(74)77)98-66-57(104-63-51(88)47(84)44(81)34(28-75)96-63)53(52(89)54(101-66)60(90)91)100-65-56(49(86)45(82)35(29-76)97-65)103-64-55(48(85)43(80)32(4)95-64)102-62-50(87)46(83)42(79)31(3)94-62/h12-19,31-32,34-40,42-59,62-66,75-77,79-89H,20-29H2,1-11H3,(H,90,91)/b19-18+,30-12-/t31-,32-,34+,35+,36-,37+,38-,39+,40-,42-,43?,44-,45-,46+,47-,48+,49-,50+,51+,52-,53-,54-,55-,56+,57+,58-,59-,62-,63-,64-,65-,66+,70-,71+,72-,73-,74+/m0/s1. The van der Waals surface area contributed by atoms with Crippen molar-refractivity contribution in [2.45, 2.75) is 311 Å². The van der Waals surface area contributed by atoms with Gasteiger partial charge in [-0.05, 0) is 119 Å². The van der Waals surface area contributed by atoms with Crippen molar-refractivity contribution >= 4 is 30.0 Å². The van der Waals surface area contributed by atoms with E-state index < -0.39 is 259 Å². The number of hydrogen-bond acceptors (Lipinski definition) is 31. The second-order valence-corrected chi connectivity index (χ2v) is 33.4. The Balaban J connectivity index is 0.856. The fourth-order valence-corrected chi connectivity index (χ4v) is 20.9. The monoisotopic (exact) mass is 1510 g/mol. The largest absolute Gasteiger partial charge is 0.479 e. The van der Waals surface area contributed by atoms with E-state index >= 15 is 4.79 Å². The molecule has 0 radical (unpaired) electrons. The molecular formula is C74H108O32. The van der Waals surface area contributed by atoms with Crippen molar-refractivity contribution in [1.29, 1.82) is 0 Å². The molecule has 6 heterocycles. The number of esters is 3. The molecule has 2 bridgehead atoms. The van der Waals surface area contributed by atoms with Gasteiger partial charge in [0.25, 0.3) is 0 Å². The average molecular weight is 1510 g/mol. The van der Waals surface area contributed by atoms with Gasteiger partial charge in [0.05, 0.1) is 37.6 Å². The molecule has 37 atom stereocenters. The lowest BCUT2D eigenvalue weighted by atomic mass is 9.30. The van der Waals surface area contributed by atoms with E-state index in [9.17, 15) is 91.0 Å². The van der Waals surface area contributed by atoms with E-state index in [0.29, 0.717) is 37.7 Å². The molecule has 11 fully saturated rings. The molecule has 0 aromatic heterocycles. The Morgan fingerprint density at radius 1 is 0.547 bits per heavy atom. The highest BCUT2D eigenvalue weighted by molar-refractivity contribution is 5.90. The molecule has 1 aromatic carbocycles. The van der Waals surface area contributed by atoms with E-state index in [4.69, 9.17) is 61.6 Å². The summed E-state index contributed by atoms with van der Waals surface area (Å²) in [6.45, 7) is 18.2. The fraction of sp³-hybridized carbons (Fsp3) is 0.811. The third kappa shape index (κ3) is 13.1. The number of benzene rings is 1. The molecule has 1 spiro atoms. The van der Waals surface area contributed by atoms with E-state index in [-0.39, 0.29) is 36.7 Å². The summed E-state index contributed by atoms with van der Waals surface area (Å²) < 4.78 is 81.8. The lowest BCUT2D eigenvalue weighted by Gasteiger charge is -2.74. The Hall–Kier alpha value is -4.38. The number of carboxylic acid groups (broad SMARTS) is 1. The van der Waals surface area contributed by atoms with Crippen molar-refractivity contribution in [3.05, 3.63) is 53.6 Å². The molecule has 32 heteroatoms. The van der Waals surface area contributed by atoms with Crippen molar-refractivity contribution in [2.75, 3.05) is 13.2 Å². The number of allylic oxidation sites excluding steroid dienone is 1. The lowest BCUT2D eigenvalue weighted by molar-refractivity contribution is -0.412. The van der Waals surface area contributed by atoms with Crippen molar-refractivity contribution in [3.63, 3.8) is 0 Å². The first kappa shape index (κ1) is 81.1. The van der Waals surface area contributed by atoms with Crippen molar-refractivity contribution in [2.24, 2.45) is 50.2 Å². The van der Waals surface area contributed by atoms with Crippen molar-refractivity contribution in [3.8, 4) is 0 Å². The third-order valence-electron chi connectivity index (χ3n) is 27.1. The molecule has 1 aromatic rings. The molecule has 6 saturated heterocycles. The van der Waals surface area contributed by atoms with Gasteiger partial charge in [0.15, 0.2) is 43.7 Å². The molecule has 5 saturated carbocycles. The maximum absolute atomic E-state index is 15.6. The molecule has 12 rings (SSSR count). The molecule has 0 amide bonds. The van der Waals surface area contributed by atoms with E-state index in [1.54, 1.807) is 38.1 Å². The molecule has 11 aliphatic rings. The number of carboxylic acids is 1. The first-order valence-corrected chi connectivity index (χ1v) is 36.9. The number of aliphatic hydroxyl groups is 14. The highest BCUT2D eigenvalue weighted by atomic mass is 16.8. The number of aliphatic carboxylic acids is 1. The topological polar surface area (TPSA) is 492 Å². The second kappa shape index (κ2) is 29.9. The molecule has 6 aliphatic heterocycles. The van der Waals surface area contributed by atoms with Crippen LogP contribution in [0.5, 0.6) is 0 Å². The number of fused-ring (bicyclic) bond motifs is 4. The minimum atomic E-state index is -2.38. The van der Waals surface area contributed by atoms with Gasteiger partial charge in [-0.15, -0.1) is 0 Å². The normalized spacial score (nSPS) is 50.5. The second-order valence-electron chi connectivity index (χ2n) is 33.4. The fourth-order valence-electron chi connectivity index (χ4n) is 20.9. The minimum absolute atomic E-state index is 0.0306. The van der Waals surface area contributed by atoms with Gasteiger partial charge in [-0.2, -0.15) is 0 Å². The number of ether oxygens (including phenoxy) is 13. The van der Waals surface area contributed by atoms with Crippen LogP contribution < -0.4 is 0 Å². The average Bonchev–Trinajstić information content (AvgIpc) is 1.39. The molecule has 32 nitrogen and oxygen atoms in total. The van der Waals surface area contributed by atoms with Crippen LogP contribution >= 0.6 is 0 Å². The SMILES string of the molecule is C/C=C(/C)C(=O)O[C@H]1[C@H](OC(=O)/C=C/c2ccccc2)[C@]23C(=O)O[C@@]4(CC[C@@H]5[C@@]6(C)CC[C@H](O[C@@H]7O[C@H](C(=O)O)[C@@H](O)[C@H](O[C@@H]8O[C@H](CO)[C@H](O)[C@H](O)[C@H]8O[C@@H]8O[C@@H](C)C(O)[C@@H](O)[C@@H]8O[C@@H]8O[C@@H](C)[C@H](O)[C@@H](O)[C@H]8O)[C@H]7O[C@@H]7O[C@H](CO)[C@H](O)[C@H](O)[C@H]7O)C(C)(C)[C@@H]6CC[C@@]5(C)[C@]4(C)C[C@H]2O)[C@@H]3CC1(C)C. The Bertz CT molecular complexity index is 3390. The zero-order valence-corrected chi connectivity index (χ0v) is 61.3. The van der Waals surface area contributed by atoms with Gasteiger partial charge in [-0.25, -0.2) is 14.4 Å².